The van der Waals surface area contributed by atoms with E-state index in [-0.39, 0.29) is 19.4 Å². The standard InChI is InChI=1S/C61H108O15/c1-3-5-7-9-11-13-15-17-19-21-22-23-24-25-26-28-29-31-33-35-37-39-41-43-52(63)71-46-49(74-53(64)44-42-40-38-36-34-32-30-27-20-18-16-14-12-10-8-6-4-2)47-72-60-59(70)57(68)55(66)51(76-60)48-73-61-58(69)56(67)54(65)50(45-62)75-61/h8,10,14,16,20,27,32,34,49-51,54-62,65-70H,3-7,9,11-13,15,17-19,21-26,28-31,33,35-48H2,1-2H3/b10-8+,16-14+,27-20+,34-32+/t49-,50+,51+,54-,55-,56?,57?,58?,59?,60+,61+/m0/s1. The van der Waals surface area contributed by atoms with Crippen LogP contribution in [0.2, 0.25) is 0 Å². The zero-order valence-corrected chi connectivity index (χ0v) is 47.2. The molecule has 2 aliphatic rings. The first-order valence-electron chi connectivity index (χ1n) is 30.2. The molecule has 0 radical (unpaired) electrons. The van der Waals surface area contributed by atoms with Crippen molar-refractivity contribution in [2.24, 2.45) is 0 Å². The summed E-state index contributed by atoms with van der Waals surface area (Å²) in [6.07, 6.45) is 38.5. The minimum Gasteiger partial charge on any atom is -0.462 e. The van der Waals surface area contributed by atoms with Gasteiger partial charge in [0.2, 0.25) is 0 Å². The van der Waals surface area contributed by atoms with Crippen molar-refractivity contribution in [3.8, 4) is 0 Å². The van der Waals surface area contributed by atoms with Crippen molar-refractivity contribution in [3.05, 3.63) is 48.6 Å². The molecule has 0 saturated carbocycles. The lowest BCUT2D eigenvalue weighted by Gasteiger charge is -2.42. The molecule has 0 aromatic rings. The summed E-state index contributed by atoms with van der Waals surface area (Å²) in [5.41, 5.74) is 0. The second-order valence-corrected chi connectivity index (χ2v) is 21.2. The Bertz CT molecular complexity index is 1500. The molecule has 0 amide bonds. The lowest BCUT2D eigenvalue weighted by Crippen LogP contribution is -2.61. The molecule has 2 saturated heterocycles. The molecule has 2 heterocycles. The summed E-state index contributed by atoms with van der Waals surface area (Å²) < 4.78 is 33.7. The van der Waals surface area contributed by atoms with Crippen LogP contribution < -0.4 is 0 Å². The van der Waals surface area contributed by atoms with E-state index < -0.39 is 99.3 Å². The molecule has 0 bridgehead atoms. The number of allylic oxidation sites excluding steroid dienone is 8. The Labute approximate surface area is 458 Å². The van der Waals surface area contributed by atoms with Gasteiger partial charge in [0, 0.05) is 12.8 Å². The Morgan fingerprint density at radius 3 is 1.29 bits per heavy atom. The quantitative estimate of drug-likeness (QED) is 0.0171. The van der Waals surface area contributed by atoms with Gasteiger partial charge in [0.1, 0.15) is 55.4 Å². The molecule has 2 aliphatic heterocycles. The number of ether oxygens (including phenoxy) is 6. The van der Waals surface area contributed by atoms with E-state index in [4.69, 9.17) is 28.4 Å². The van der Waals surface area contributed by atoms with Crippen molar-refractivity contribution in [2.75, 3.05) is 26.4 Å². The molecule has 2 fully saturated rings. The van der Waals surface area contributed by atoms with Gasteiger partial charge in [-0.05, 0) is 51.4 Å². The number of aliphatic hydroxyl groups excluding tert-OH is 7. The fourth-order valence-electron chi connectivity index (χ4n) is 9.39. The Morgan fingerprint density at radius 1 is 0.421 bits per heavy atom. The summed E-state index contributed by atoms with van der Waals surface area (Å²) in [6, 6.07) is 0. The van der Waals surface area contributed by atoms with Crippen molar-refractivity contribution in [1.29, 1.82) is 0 Å². The Morgan fingerprint density at radius 2 is 0.816 bits per heavy atom. The van der Waals surface area contributed by atoms with Crippen molar-refractivity contribution < 1.29 is 73.8 Å². The van der Waals surface area contributed by atoms with Crippen LogP contribution >= 0.6 is 0 Å². The third kappa shape index (κ3) is 33.8. The van der Waals surface area contributed by atoms with Crippen LogP contribution in [0.5, 0.6) is 0 Å². The largest absolute Gasteiger partial charge is 0.462 e. The molecule has 4 unspecified atom stereocenters. The highest BCUT2D eigenvalue weighted by Gasteiger charge is 2.47. The summed E-state index contributed by atoms with van der Waals surface area (Å²) >= 11 is 0. The zero-order chi connectivity index (χ0) is 55.3. The molecule has 15 heteroatoms. The van der Waals surface area contributed by atoms with Crippen LogP contribution in [0.25, 0.3) is 0 Å². The van der Waals surface area contributed by atoms with E-state index in [9.17, 15) is 45.3 Å². The van der Waals surface area contributed by atoms with Gasteiger partial charge in [0.25, 0.3) is 0 Å². The summed E-state index contributed by atoms with van der Waals surface area (Å²) in [7, 11) is 0. The normalized spacial score (nSPS) is 24.6. The molecule has 2 rings (SSSR count). The predicted molar refractivity (Wildman–Crippen MR) is 298 cm³/mol. The maximum Gasteiger partial charge on any atom is 0.306 e. The van der Waals surface area contributed by atoms with Crippen LogP contribution in [0, 0.1) is 0 Å². The number of unbranched alkanes of at least 4 members (excludes halogenated alkanes) is 26. The van der Waals surface area contributed by atoms with Gasteiger partial charge >= 0.3 is 11.9 Å². The van der Waals surface area contributed by atoms with Crippen LogP contribution in [0.15, 0.2) is 48.6 Å². The summed E-state index contributed by atoms with van der Waals surface area (Å²) in [6.45, 7) is 2.53. The number of esters is 2. The van der Waals surface area contributed by atoms with Crippen LogP contribution in [0.4, 0.5) is 0 Å². The minimum absolute atomic E-state index is 0.128. The SMILES string of the molecule is CCC/C=C/C/C=C/C/C=C/C/C=C/CCCCCC(=O)O[C@@H](COC(=O)CCCCCCCCCCCCCCCCCCCCCCCCC)CO[C@@H]1O[C@H](CO[C@@H]2O[C@H](CO)[C@H](O)C(O)C2O)[C@H](O)C(O)C1O. The van der Waals surface area contributed by atoms with Gasteiger partial charge < -0.3 is 64.2 Å². The zero-order valence-electron chi connectivity index (χ0n) is 47.2. The van der Waals surface area contributed by atoms with E-state index in [1.807, 2.05) is 0 Å². The third-order valence-electron chi connectivity index (χ3n) is 14.3. The maximum atomic E-state index is 13.1. The molecule has 0 aromatic heterocycles. The Balaban J connectivity index is 1.73. The highest BCUT2D eigenvalue weighted by molar-refractivity contribution is 5.70. The third-order valence-corrected chi connectivity index (χ3v) is 14.3. The smallest absolute Gasteiger partial charge is 0.306 e. The molecule has 11 atom stereocenters. The van der Waals surface area contributed by atoms with Crippen LogP contribution in [-0.2, 0) is 38.0 Å². The van der Waals surface area contributed by atoms with Crippen molar-refractivity contribution in [1.82, 2.24) is 0 Å². The van der Waals surface area contributed by atoms with Crippen LogP contribution in [0.3, 0.4) is 0 Å². The number of hydrogen-bond donors (Lipinski definition) is 7. The monoisotopic (exact) mass is 1080 g/mol. The second-order valence-electron chi connectivity index (χ2n) is 21.2. The minimum atomic E-state index is -1.77. The van der Waals surface area contributed by atoms with E-state index in [0.717, 1.165) is 64.2 Å². The number of aliphatic hydroxyl groups is 7. The van der Waals surface area contributed by atoms with Gasteiger partial charge in [-0.25, -0.2) is 0 Å². The maximum absolute atomic E-state index is 13.1. The van der Waals surface area contributed by atoms with Gasteiger partial charge in [0.15, 0.2) is 18.7 Å². The first-order chi connectivity index (χ1) is 37.0. The average Bonchev–Trinajstić information content (AvgIpc) is 3.41. The molecule has 15 nitrogen and oxygen atoms in total. The molecule has 76 heavy (non-hydrogen) atoms. The van der Waals surface area contributed by atoms with Gasteiger partial charge in [0.05, 0.1) is 19.8 Å². The van der Waals surface area contributed by atoms with E-state index in [2.05, 4.69) is 62.5 Å². The molecule has 7 N–H and O–H groups in total. The number of rotatable bonds is 48. The first-order valence-corrected chi connectivity index (χ1v) is 30.2. The van der Waals surface area contributed by atoms with E-state index in [1.165, 1.54) is 128 Å². The van der Waals surface area contributed by atoms with E-state index in [0.29, 0.717) is 12.8 Å². The highest BCUT2D eigenvalue weighted by Crippen LogP contribution is 2.27. The lowest BCUT2D eigenvalue weighted by molar-refractivity contribution is -0.332. The van der Waals surface area contributed by atoms with Gasteiger partial charge in [-0.3, -0.25) is 9.59 Å². The molecule has 0 spiro atoms. The molecular weight excluding hydrogens is 973 g/mol. The second kappa shape index (κ2) is 47.3. The van der Waals surface area contributed by atoms with Gasteiger partial charge in [-0.2, -0.15) is 0 Å². The highest BCUT2D eigenvalue weighted by atomic mass is 16.7. The Hall–Kier alpha value is -2.54. The number of carbonyl (C=O) groups is 2. The molecular formula is C61H108O15. The molecule has 442 valence electrons. The fourth-order valence-corrected chi connectivity index (χ4v) is 9.39. The van der Waals surface area contributed by atoms with E-state index >= 15 is 0 Å². The van der Waals surface area contributed by atoms with Crippen LogP contribution in [-0.4, -0.2) is 142 Å². The fraction of sp³-hybridized carbons (Fsp3) is 0.836. The first kappa shape index (κ1) is 69.6. The molecule has 0 aliphatic carbocycles. The topological polar surface area (TPSA) is 231 Å². The Kier molecular flexibility index (Phi) is 43.3. The number of hydrogen-bond acceptors (Lipinski definition) is 15. The summed E-state index contributed by atoms with van der Waals surface area (Å²) in [5.74, 6) is -0.953. The summed E-state index contributed by atoms with van der Waals surface area (Å²) in [5, 5.41) is 72.3. The summed E-state index contributed by atoms with van der Waals surface area (Å²) in [4.78, 5) is 25.9. The van der Waals surface area contributed by atoms with Crippen LogP contribution in [0.1, 0.15) is 232 Å². The average molecular weight is 1080 g/mol. The van der Waals surface area contributed by atoms with Gasteiger partial charge in [-0.1, -0.05) is 217 Å². The van der Waals surface area contributed by atoms with Gasteiger partial charge in [-0.15, -0.1) is 0 Å². The van der Waals surface area contributed by atoms with E-state index in [1.54, 1.807) is 0 Å². The van der Waals surface area contributed by atoms with Crippen molar-refractivity contribution >= 4 is 11.9 Å². The number of carbonyl (C=O) groups excluding carboxylic acids is 2. The lowest BCUT2D eigenvalue weighted by atomic mass is 9.98. The molecule has 0 aromatic carbocycles. The van der Waals surface area contributed by atoms with Crippen molar-refractivity contribution in [2.45, 2.75) is 300 Å². The van der Waals surface area contributed by atoms with Crippen molar-refractivity contribution in [3.63, 3.8) is 0 Å². The predicted octanol–water partition coefficient (Wildman–Crippen LogP) is 10.6.